The topological polar surface area (TPSA) is 102 Å². The molecule has 0 aliphatic carbocycles. The Morgan fingerprint density at radius 1 is 1.33 bits per heavy atom. The molecule has 1 aromatic heterocycles. The maximum Gasteiger partial charge on any atom is 0.273 e. The number of halogens is 1. The fraction of sp³-hybridized carbons (Fsp3) is 0.0833. The number of sulfonamides is 1. The summed E-state index contributed by atoms with van der Waals surface area (Å²) in [6, 6.07) is 5.09. The first kappa shape index (κ1) is 15.2. The molecule has 0 amide bonds. The minimum absolute atomic E-state index is 0.0994. The van der Waals surface area contributed by atoms with Gasteiger partial charge in [0.1, 0.15) is 0 Å². The summed E-state index contributed by atoms with van der Waals surface area (Å²) in [7, 11) is -3.99. The molecule has 0 spiro atoms. The average Bonchev–Trinajstić information content (AvgIpc) is 2.41. The van der Waals surface area contributed by atoms with E-state index in [2.05, 4.69) is 9.71 Å². The lowest BCUT2D eigenvalue weighted by atomic mass is 10.2. The molecule has 1 N–H and O–H groups in total. The molecule has 0 radical (unpaired) electrons. The summed E-state index contributed by atoms with van der Waals surface area (Å²) in [4.78, 5) is 13.8. The van der Waals surface area contributed by atoms with Crippen molar-refractivity contribution in [2.45, 2.75) is 11.8 Å². The Hall–Kier alpha value is -2.19. The molecular weight excluding hydrogens is 318 g/mol. The van der Waals surface area contributed by atoms with Gasteiger partial charge in [-0.15, -0.1) is 0 Å². The number of benzene rings is 1. The third kappa shape index (κ3) is 3.29. The Bertz CT molecular complexity index is 808. The van der Waals surface area contributed by atoms with Crippen LogP contribution in [0.5, 0.6) is 0 Å². The standard InChI is InChI=1S/C12H10ClN3O4S/c1-8-2-3-9(6-12(8)16(17)18)21(19,20)15-11-7-14-5-4-10(11)13/h2-7,15H,1H3. The van der Waals surface area contributed by atoms with E-state index in [0.29, 0.717) is 5.56 Å². The van der Waals surface area contributed by atoms with Crippen molar-refractivity contribution in [2.24, 2.45) is 0 Å². The number of aromatic nitrogens is 1. The molecule has 0 unspecified atom stereocenters. The van der Waals surface area contributed by atoms with E-state index in [1.807, 2.05) is 0 Å². The van der Waals surface area contributed by atoms with Crippen LogP contribution in [-0.4, -0.2) is 18.3 Å². The van der Waals surface area contributed by atoms with Gasteiger partial charge >= 0.3 is 0 Å². The van der Waals surface area contributed by atoms with Gasteiger partial charge in [-0.2, -0.15) is 0 Å². The summed E-state index contributed by atoms with van der Waals surface area (Å²) in [6.07, 6.45) is 2.67. The number of nitro groups is 1. The minimum atomic E-state index is -3.99. The smallest absolute Gasteiger partial charge is 0.273 e. The molecule has 7 nitrogen and oxygen atoms in total. The number of nitro benzene ring substituents is 1. The number of hydrogen-bond acceptors (Lipinski definition) is 5. The van der Waals surface area contributed by atoms with Gasteiger partial charge in [0.2, 0.25) is 0 Å². The van der Waals surface area contributed by atoms with Gasteiger partial charge in [-0.3, -0.25) is 19.8 Å². The first-order chi connectivity index (χ1) is 9.81. The van der Waals surface area contributed by atoms with Gasteiger partial charge < -0.3 is 0 Å². The fourth-order valence-electron chi connectivity index (χ4n) is 1.61. The molecule has 0 aliphatic rings. The Morgan fingerprint density at radius 2 is 2.05 bits per heavy atom. The summed E-state index contributed by atoms with van der Waals surface area (Å²) >= 11 is 5.85. The Balaban J connectivity index is 2.43. The monoisotopic (exact) mass is 327 g/mol. The second kappa shape index (κ2) is 5.66. The highest BCUT2D eigenvalue weighted by Crippen LogP contribution is 2.26. The summed E-state index contributed by atoms with van der Waals surface area (Å²) in [6.45, 7) is 1.53. The van der Waals surface area contributed by atoms with Crippen LogP contribution in [-0.2, 0) is 10.0 Å². The van der Waals surface area contributed by atoms with E-state index in [0.717, 1.165) is 6.07 Å². The highest BCUT2D eigenvalue weighted by atomic mass is 35.5. The van der Waals surface area contributed by atoms with Gasteiger partial charge in [0.15, 0.2) is 0 Å². The number of pyridine rings is 1. The number of nitrogens with one attached hydrogen (secondary N) is 1. The van der Waals surface area contributed by atoms with Gasteiger partial charge in [0, 0.05) is 17.8 Å². The van der Waals surface area contributed by atoms with Crippen molar-refractivity contribution in [1.29, 1.82) is 0 Å². The Labute approximate surface area is 125 Å². The predicted molar refractivity (Wildman–Crippen MR) is 77.9 cm³/mol. The number of hydrogen-bond donors (Lipinski definition) is 1. The Kier molecular flexibility index (Phi) is 4.10. The summed E-state index contributed by atoms with van der Waals surface area (Å²) in [5, 5.41) is 11.0. The van der Waals surface area contributed by atoms with Crippen LogP contribution in [0, 0.1) is 17.0 Å². The molecule has 0 saturated carbocycles. The van der Waals surface area contributed by atoms with Crippen molar-refractivity contribution in [2.75, 3.05) is 4.72 Å². The Morgan fingerprint density at radius 3 is 2.67 bits per heavy atom. The van der Waals surface area contributed by atoms with E-state index < -0.39 is 14.9 Å². The molecule has 1 heterocycles. The van der Waals surface area contributed by atoms with Crippen LogP contribution in [0.1, 0.15) is 5.56 Å². The van der Waals surface area contributed by atoms with Crippen molar-refractivity contribution in [1.82, 2.24) is 4.98 Å². The number of aryl methyl sites for hydroxylation is 1. The summed E-state index contributed by atoms with van der Waals surface area (Å²) in [5.41, 5.74) is 0.205. The minimum Gasteiger partial charge on any atom is -0.277 e. The molecule has 9 heteroatoms. The van der Waals surface area contributed by atoms with Crippen LogP contribution < -0.4 is 4.72 Å². The number of nitrogens with zero attached hydrogens (tertiary/aromatic N) is 2. The quantitative estimate of drug-likeness (QED) is 0.687. The van der Waals surface area contributed by atoms with Crippen LogP contribution in [0.25, 0.3) is 0 Å². The maximum atomic E-state index is 12.2. The molecule has 0 bridgehead atoms. The van der Waals surface area contributed by atoms with E-state index >= 15 is 0 Å². The zero-order chi connectivity index (χ0) is 15.6. The highest BCUT2D eigenvalue weighted by molar-refractivity contribution is 7.92. The lowest BCUT2D eigenvalue weighted by Gasteiger charge is -2.09. The van der Waals surface area contributed by atoms with Crippen molar-refractivity contribution in [3.05, 3.63) is 57.4 Å². The first-order valence-corrected chi connectivity index (χ1v) is 7.55. The van der Waals surface area contributed by atoms with E-state index in [1.54, 1.807) is 0 Å². The molecule has 110 valence electrons. The van der Waals surface area contributed by atoms with Crippen molar-refractivity contribution in [3.63, 3.8) is 0 Å². The van der Waals surface area contributed by atoms with Gasteiger partial charge in [-0.05, 0) is 19.1 Å². The number of anilines is 1. The summed E-state index contributed by atoms with van der Waals surface area (Å²) in [5.74, 6) is 0. The third-order valence-electron chi connectivity index (χ3n) is 2.70. The third-order valence-corrected chi connectivity index (χ3v) is 4.39. The van der Waals surface area contributed by atoms with E-state index in [1.165, 1.54) is 37.5 Å². The highest BCUT2D eigenvalue weighted by Gasteiger charge is 2.20. The largest absolute Gasteiger partial charge is 0.277 e. The van der Waals surface area contributed by atoms with E-state index in [9.17, 15) is 18.5 Å². The zero-order valence-electron chi connectivity index (χ0n) is 10.8. The molecule has 2 rings (SSSR count). The SMILES string of the molecule is Cc1ccc(S(=O)(=O)Nc2cnccc2Cl)cc1[N+](=O)[O-]. The predicted octanol–water partition coefficient (Wildman–Crippen LogP) is 2.75. The van der Waals surface area contributed by atoms with Crippen LogP contribution in [0.3, 0.4) is 0 Å². The fourth-order valence-corrected chi connectivity index (χ4v) is 2.90. The van der Waals surface area contributed by atoms with Crippen LogP contribution in [0.2, 0.25) is 5.02 Å². The van der Waals surface area contributed by atoms with Crippen LogP contribution >= 0.6 is 11.6 Å². The average molecular weight is 328 g/mol. The molecule has 0 atom stereocenters. The first-order valence-electron chi connectivity index (χ1n) is 5.68. The van der Waals surface area contributed by atoms with Gasteiger partial charge in [-0.25, -0.2) is 8.42 Å². The maximum absolute atomic E-state index is 12.2. The molecule has 0 fully saturated rings. The van der Waals surface area contributed by atoms with E-state index in [4.69, 9.17) is 11.6 Å². The van der Waals surface area contributed by atoms with Crippen molar-refractivity contribution >= 4 is 33.0 Å². The zero-order valence-corrected chi connectivity index (χ0v) is 12.4. The van der Waals surface area contributed by atoms with E-state index in [-0.39, 0.29) is 21.3 Å². The van der Waals surface area contributed by atoms with Gasteiger partial charge in [0.25, 0.3) is 15.7 Å². The van der Waals surface area contributed by atoms with Gasteiger partial charge in [0.05, 0.1) is 26.7 Å². The lowest BCUT2D eigenvalue weighted by molar-refractivity contribution is -0.385. The second-order valence-corrected chi connectivity index (χ2v) is 6.26. The molecule has 2 aromatic rings. The van der Waals surface area contributed by atoms with Gasteiger partial charge in [-0.1, -0.05) is 17.7 Å². The summed E-state index contributed by atoms with van der Waals surface area (Å²) < 4.78 is 26.7. The molecule has 0 saturated heterocycles. The molecular formula is C12H10ClN3O4S. The van der Waals surface area contributed by atoms with Crippen molar-refractivity contribution < 1.29 is 13.3 Å². The molecule has 0 aliphatic heterocycles. The van der Waals surface area contributed by atoms with Crippen LogP contribution in [0.15, 0.2) is 41.6 Å². The van der Waals surface area contributed by atoms with Crippen molar-refractivity contribution in [3.8, 4) is 0 Å². The number of rotatable bonds is 4. The molecule has 1 aromatic carbocycles. The van der Waals surface area contributed by atoms with Crippen LogP contribution in [0.4, 0.5) is 11.4 Å². The molecule has 21 heavy (non-hydrogen) atoms. The second-order valence-electron chi connectivity index (χ2n) is 4.17. The normalized spacial score (nSPS) is 11.1. The lowest BCUT2D eigenvalue weighted by Crippen LogP contribution is -2.13.